The minimum absolute atomic E-state index is 0.202. The second-order valence-corrected chi connectivity index (χ2v) is 6.86. The maximum absolute atomic E-state index is 13.0. The van der Waals surface area contributed by atoms with Gasteiger partial charge in [0.15, 0.2) is 0 Å². The summed E-state index contributed by atoms with van der Waals surface area (Å²) in [7, 11) is 0. The number of ether oxygens (including phenoxy) is 1. The second kappa shape index (κ2) is 7.97. The topological polar surface area (TPSA) is 66.8 Å². The molecule has 0 radical (unpaired) electrons. The van der Waals surface area contributed by atoms with E-state index >= 15 is 0 Å². The number of alkyl halides is 3. The van der Waals surface area contributed by atoms with Gasteiger partial charge in [0.25, 0.3) is 5.91 Å². The van der Waals surface area contributed by atoms with Gasteiger partial charge in [-0.2, -0.15) is 13.2 Å². The number of amides is 1. The maximum Gasteiger partial charge on any atom is 0.394 e. The highest BCUT2D eigenvalue weighted by Gasteiger charge is 2.53. The zero-order chi connectivity index (χ0) is 19.5. The molecule has 0 spiro atoms. The van der Waals surface area contributed by atoms with Crippen LogP contribution in [0.1, 0.15) is 30.6 Å². The van der Waals surface area contributed by atoms with Gasteiger partial charge in [-0.3, -0.25) is 9.59 Å². The van der Waals surface area contributed by atoms with Gasteiger partial charge in [-0.05, 0) is 36.6 Å². The Morgan fingerprint density at radius 1 is 1.23 bits per heavy atom. The smallest absolute Gasteiger partial charge is 0.394 e. The van der Waals surface area contributed by atoms with Crippen molar-refractivity contribution in [2.24, 2.45) is 17.8 Å². The first kappa shape index (κ1) is 20.1. The lowest BCUT2D eigenvalue weighted by Gasteiger charge is -2.18. The maximum atomic E-state index is 13.0. The Hall–Kier alpha value is -2.25. The first-order chi connectivity index (χ1) is 12.1. The van der Waals surface area contributed by atoms with E-state index in [0.717, 1.165) is 11.3 Å². The number of hydrogen-bond donors (Lipinski definition) is 1. The number of aliphatic carboxylic acids is 1. The number of hydrogen-bond acceptors (Lipinski definition) is 3. The molecule has 0 bridgehead atoms. The quantitative estimate of drug-likeness (QED) is 0.829. The standard InChI is InChI=1S/C18H22F3NO4/c1-11(2)7-8-26-13-5-3-12(4-6-13)16(23)22-9-14(17(24)25)15(10-22)18(19,20)21/h3-6,11,14-15H,7-10H2,1-2H3,(H,24,25)/t14-,15-/m1/s1. The molecule has 1 heterocycles. The first-order valence-corrected chi connectivity index (χ1v) is 8.41. The minimum Gasteiger partial charge on any atom is -0.494 e. The molecule has 1 saturated heterocycles. The monoisotopic (exact) mass is 373 g/mol. The SMILES string of the molecule is CC(C)CCOc1ccc(C(=O)N2C[C@@H](C(F)(F)F)[C@H](C(=O)O)C2)cc1. The summed E-state index contributed by atoms with van der Waals surface area (Å²) in [5.74, 6) is -4.79. The largest absolute Gasteiger partial charge is 0.494 e. The van der Waals surface area contributed by atoms with E-state index in [-0.39, 0.29) is 5.56 Å². The molecule has 1 aliphatic rings. The molecular formula is C18H22F3NO4. The average molecular weight is 373 g/mol. The van der Waals surface area contributed by atoms with E-state index in [0.29, 0.717) is 18.3 Å². The van der Waals surface area contributed by atoms with Gasteiger partial charge in [-0.15, -0.1) is 0 Å². The molecule has 0 saturated carbocycles. The highest BCUT2D eigenvalue weighted by atomic mass is 19.4. The van der Waals surface area contributed by atoms with Crippen LogP contribution in [-0.4, -0.2) is 47.8 Å². The number of rotatable bonds is 6. The molecule has 0 aliphatic carbocycles. The molecule has 5 nitrogen and oxygen atoms in total. The summed E-state index contributed by atoms with van der Waals surface area (Å²) in [6.45, 7) is 3.57. The van der Waals surface area contributed by atoms with E-state index in [2.05, 4.69) is 13.8 Å². The van der Waals surface area contributed by atoms with Gasteiger partial charge in [-0.25, -0.2) is 0 Å². The van der Waals surface area contributed by atoms with Gasteiger partial charge in [0.2, 0.25) is 0 Å². The summed E-state index contributed by atoms with van der Waals surface area (Å²) < 4.78 is 44.6. The molecule has 1 aromatic rings. The molecule has 1 N–H and O–H groups in total. The Morgan fingerprint density at radius 3 is 2.31 bits per heavy atom. The molecule has 144 valence electrons. The van der Waals surface area contributed by atoms with Crippen LogP contribution in [0.25, 0.3) is 0 Å². The molecule has 1 aliphatic heterocycles. The van der Waals surface area contributed by atoms with Gasteiger partial charge in [0.05, 0.1) is 18.4 Å². The highest BCUT2D eigenvalue weighted by molar-refractivity contribution is 5.95. The Balaban J connectivity index is 2.03. The predicted octanol–water partition coefficient (Wildman–Crippen LogP) is 3.45. The van der Waals surface area contributed by atoms with Crippen molar-refractivity contribution in [3.05, 3.63) is 29.8 Å². The van der Waals surface area contributed by atoms with E-state index in [1.807, 2.05) is 0 Å². The molecule has 2 rings (SSSR count). The lowest BCUT2D eigenvalue weighted by Crippen LogP contribution is -2.34. The fourth-order valence-electron chi connectivity index (χ4n) is 2.84. The normalized spacial score (nSPS) is 20.5. The molecule has 1 fully saturated rings. The number of halogens is 3. The van der Waals surface area contributed by atoms with Crippen LogP contribution < -0.4 is 4.74 Å². The van der Waals surface area contributed by atoms with Crippen molar-refractivity contribution in [2.75, 3.05) is 19.7 Å². The van der Waals surface area contributed by atoms with Gasteiger partial charge in [0, 0.05) is 18.7 Å². The summed E-state index contributed by atoms with van der Waals surface area (Å²) in [4.78, 5) is 24.5. The van der Waals surface area contributed by atoms with Gasteiger partial charge in [0.1, 0.15) is 5.75 Å². The van der Waals surface area contributed by atoms with Crippen LogP contribution in [0.4, 0.5) is 13.2 Å². The Morgan fingerprint density at radius 2 is 1.85 bits per heavy atom. The van der Waals surface area contributed by atoms with Gasteiger partial charge < -0.3 is 14.7 Å². The van der Waals surface area contributed by atoms with Crippen LogP contribution in [0.3, 0.4) is 0 Å². The zero-order valence-corrected chi connectivity index (χ0v) is 14.6. The van der Waals surface area contributed by atoms with Gasteiger partial charge in [-0.1, -0.05) is 13.8 Å². The summed E-state index contributed by atoms with van der Waals surface area (Å²) >= 11 is 0. The van der Waals surface area contributed by atoms with Crippen LogP contribution in [0.15, 0.2) is 24.3 Å². The van der Waals surface area contributed by atoms with Crippen LogP contribution in [0.5, 0.6) is 5.75 Å². The van der Waals surface area contributed by atoms with E-state index in [9.17, 15) is 22.8 Å². The number of carboxylic acids is 1. The number of nitrogens with zero attached hydrogens (tertiary/aromatic N) is 1. The van der Waals surface area contributed by atoms with E-state index < -0.39 is 43.0 Å². The second-order valence-electron chi connectivity index (χ2n) is 6.86. The number of carboxylic acid groups (broad SMARTS) is 1. The Labute approximate surface area is 149 Å². The summed E-state index contributed by atoms with van der Waals surface area (Å²) in [5, 5.41) is 9.02. The number of benzene rings is 1. The molecule has 2 atom stereocenters. The number of carbonyl (C=O) groups is 2. The molecule has 1 aromatic carbocycles. The summed E-state index contributed by atoms with van der Waals surface area (Å²) in [6, 6.07) is 6.12. The first-order valence-electron chi connectivity index (χ1n) is 8.41. The molecule has 8 heteroatoms. The van der Waals surface area contributed by atoms with Crippen molar-refractivity contribution in [2.45, 2.75) is 26.4 Å². The van der Waals surface area contributed by atoms with Crippen molar-refractivity contribution in [3.8, 4) is 5.75 Å². The van der Waals surface area contributed by atoms with Crippen LogP contribution >= 0.6 is 0 Å². The Bertz CT molecular complexity index is 643. The highest BCUT2D eigenvalue weighted by Crippen LogP contribution is 2.38. The van der Waals surface area contributed by atoms with Crippen molar-refractivity contribution < 1.29 is 32.6 Å². The zero-order valence-electron chi connectivity index (χ0n) is 14.6. The lowest BCUT2D eigenvalue weighted by molar-refractivity contribution is -0.187. The third kappa shape index (κ3) is 4.89. The fraction of sp³-hybridized carbons (Fsp3) is 0.556. The Kier molecular flexibility index (Phi) is 6.15. The van der Waals surface area contributed by atoms with Crippen LogP contribution in [0, 0.1) is 17.8 Å². The van der Waals surface area contributed by atoms with E-state index in [1.165, 1.54) is 12.1 Å². The molecule has 1 amide bonds. The third-order valence-corrected chi connectivity index (χ3v) is 4.41. The molecule has 0 aromatic heterocycles. The summed E-state index contributed by atoms with van der Waals surface area (Å²) in [6.07, 6.45) is -3.78. The van der Waals surface area contributed by atoms with Crippen molar-refractivity contribution in [1.82, 2.24) is 4.90 Å². The van der Waals surface area contributed by atoms with Crippen molar-refractivity contribution in [1.29, 1.82) is 0 Å². The number of likely N-dealkylation sites (tertiary alicyclic amines) is 1. The van der Waals surface area contributed by atoms with E-state index in [1.54, 1.807) is 12.1 Å². The van der Waals surface area contributed by atoms with Gasteiger partial charge >= 0.3 is 12.1 Å². The van der Waals surface area contributed by atoms with Crippen LogP contribution in [0.2, 0.25) is 0 Å². The average Bonchev–Trinajstić information content (AvgIpc) is 3.00. The molecule has 26 heavy (non-hydrogen) atoms. The minimum atomic E-state index is -4.66. The molecule has 0 unspecified atom stereocenters. The van der Waals surface area contributed by atoms with Crippen molar-refractivity contribution in [3.63, 3.8) is 0 Å². The third-order valence-electron chi connectivity index (χ3n) is 4.41. The predicted molar refractivity (Wildman–Crippen MR) is 88.0 cm³/mol. The number of carbonyl (C=O) groups excluding carboxylic acids is 1. The lowest BCUT2D eigenvalue weighted by atomic mass is 9.96. The summed E-state index contributed by atoms with van der Waals surface area (Å²) in [5.41, 5.74) is 0.202. The molecular weight excluding hydrogens is 351 g/mol. The van der Waals surface area contributed by atoms with E-state index in [4.69, 9.17) is 9.84 Å². The fourth-order valence-corrected chi connectivity index (χ4v) is 2.84. The van der Waals surface area contributed by atoms with Crippen molar-refractivity contribution >= 4 is 11.9 Å². The van der Waals surface area contributed by atoms with Crippen LogP contribution in [-0.2, 0) is 4.79 Å².